The SMILES string of the molecule is C=C1C=C(OC)C=CC1=NCc1[c-]cc(C)cc1C.CC(C)(C)C(=O)/C=C(\O)C(C)(C)C.[Ir]. The molecule has 1 aromatic rings. The van der Waals surface area contributed by atoms with Crippen LogP contribution >= 0.6 is 0 Å². The Balaban J connectivity index is 0.000000649. The van der Waals surface area contributed by atoms with E-state index in [4.69, 9.17) is 4.74 Å². The second kappa shape index (κ2) is 12.9. The number of aryl methyl sites for hydroxylation is 2. The number of methoxy groups -OCH3 is 1. The summed E-state index contributed by atoms with van der Waals surface area (Å²) in [5, 5.41) is 9.56. The first kappa shape index (κ1) is 30.8. The normalized spacial score (nSPS) is 15.3. The van der Waals surface area contributed by atoms with Gasteiger partial charge in [-0.25, -0.2) is 0 Å². The largest absolute Gasteiger partial charge is 0.512 e. The maximum atomic E-state index is 11.5. The van der Waals surface area contributed by atoms with Crippen molar-refractivity contribution in [3.05, 3.63) is 82.9 Å². The fraction of sp³-hybridized carbons (Fsp3) is 0.429. The summed E-state index contributed by atoms with van der Waals surface area (Å²) in [6.07, 6.45) is 7.06. The summed E-state index contributed by atoms with van der Waals surface area (Å²) < 4.78 is 5.16. The summed E-state index contributed by atoms with van der Waals surface area (Å²) in [7, 11) is 1.65. The summed E-state index contributed by atoms with van der Waals surface area (Å²) in [5.41, 5.74) is 4.59. The van der Waals surface area contributed by atoms with Gasteiger partial charge in [0.05, 0.1) is 12.8 Å². The van der Waals surface area contributed by atoms with Gasteiger partial charge in [0, 0.05) is 43.6 Å². The number of allylic oxidation sites excluding steroid dienone is 6. The number of ether oxygens (including phenoxy) is 1. The van der Waals surface area contributed by atoms with E-state index in [9.17, 15) is 9.90 Å². The molecule has 1 aliphatic carbocycles. The smallest absolute Gasteiger partial charge is 0.164 e. The molecule has 0 spiro atoms. The van der Waals surface area contributed by atoms with E-state index in [-0.39, 0.29) is 37.1 Å². The van der Waals surface area contributed by atoms with E-state index in [0.717, 1.165) is 22.6 Å². The van der Waals surface area contributed by atoms with Gasteiger partial charge in [0.25, 0.3) is 0 Å². The predicted octanol–water partition coefficient (Wildman–Crippen LogP) is 6.79. The summed E-state index contributed by atoms with van der Waals surface area (Å²) >= 11 is 0. The molecule has 0 aliphatic heterocycles. The van der Waals surface area contributed by atoms with Crippen molar-refractivity contribution < 1.29 is 34.7 Å². The Labute approximate surface area is 213 Å². The number of aliphatic hydroxyl groups is 1. The molecule has 1 aromatic carbocycles. The van der Waals surface area contributed by atoms with Gasteiger partial charge in [-0.15, -0.1) is 5.56 Å². The fourth-order valence-corrected chi connectivity index (χ4v) is 2.52. The van der Waals surface area contributed by atoms with Crippen molar-refractivity contribution in [1.29, 1.82) is 0 Å². The number of carbonyl (C=O) groups is 1. The standard InChI is InChI=1S/C17H18NO.C11H20O2.Ir/c1-12-5-6-15(13(2)9-12)11-18-17-8-7-16(19-4)10-14(17)3;1-10(2,3)8(12)7-9(13)11(4,5)6;/h5,7-10H,3,11H2,1-2,4H3;7,12H,1-6H3;/q-1;;/b;8-7-;. The van der Waals surface area contributed by atoms with Gasteiger partial charge in [-0.3, -0.25) is 9.79 Å². The number of benzene rings is 1. The third-order valence-electron chi connectivity index (χ3n) is 4.86. The molecular weight excluding hydrogens is 591 g/mol. The number of nitrogens with zero attached hydrogens (tertiary/aromatic N) is 1. The van der Waals surface area contributed by atoms with Crippen LogP contribution in [0.3, 0.4) is 0 Å². The first-order chi connectivity index (χ1) is 14.6. The molecule has 0 amide bonds. The Bertz CT molecular complexity index is 968. The summed E-state index contributed by atoms with van der Waals surface area (Å²) in [6.45, 7) is 19.9. The van der Waals surface area contributed by atoms with Gasteiger partial charge in [-0.05, 0) is 23.8 Å². The molecule has 0 fully saturated rings. The quantitative estimate of drug-likeness (QED) is 0.227. The average Bonchev–Trinajstić information content (AvgIpc) is 2.67. The molecule has 0 unspecified atom stereocenters. The van der Waals surface area contributed by atoms with Crippen molar-refractivity contribution in [3.63, 3.8) is 0 Å². The van der Waals surface area contributed by atoms with Crippen LogP contribution in [0, 0.1) is 30.7 Å². The maximum Gasteiger partial charge on any atom is 0.164 e. The first-order valence-electron chi connectivity index (χ1n) is 10.8. The zero-order valence-corrected chi connectivity index (χ0v) is 23.8. The topological polar surface area (TPSA) is 58.9 Å². The van der Waals surface area contributed by atoms with Gasteiger partial charge in [-0.1, -0.05) is 62.0 Å². The first-order valence-corrected chi connectivity index (χ1v) is 10.8. The third-order valence-corrected chi connectivity index (χ3v) is 4.86. The zero-order valence-electron chi connectivity index (χ0n) is 21.4. The third kappa shape index (κ3) is 10.5. The number of hydrogen-bond acceptors (Lipinski definition) is 4. The molecule has 0 saturated carbocycles. The maximum absolute atomic E-state index is 11.5. The number of aliphatic imine (C=N–C) groups is 1. The predicted molar refractivity (Wildman–Crippen MR) is 134 cm³/mol. The minimum atomic E-state index is -0.417. The summed E-state index contributed by atoms with van der Waals surface area (Å²) in [5.74, 6) is 0.911. The molecule has 1 radical (unpaired) electrons. The Hall–Kier alpha value is -2.23. The molecule has 4 nitrogen and oxygen atoms in total. The molecule has 1 N–H and O–H groups in total. The van der Waals surface area contributed by atoms with Gasteiger partial charge in [0.1, 0.15) is 11.5 Å². The van der Waals surface area contributed by atoms with Crippen LogP contribution in [0.5, 0.6) is 0 Å². The zero-order chi connectivity index (χ0) is 24.7. The Morgan fingerprint density at radius 2 is 1.76 bits per heavy atom. The van der Waals surface area contributed by atoms with Crippen molar-refractivity contribution in [2.24, 2.45) is 15.8 Å². The fourth-order valence-electron chi connectivity index (χ4n) is 2.52. The van der Waals surface area contributed by atoms with Crippen LogP contribution in [0.25, 0.3) is 0 Å². The van der Waals surface area contributed by atoms with Crippen molar-refractivity contribution >= 4 is 11.5 Å². The van der Waals surface area contributed by atoms with Gasteiger partial charge in [0.15, 0.2) is 5.78 Å². The second-order valence-corrected chi connectivity index (χ2v) is 10.0. The minimum absolute atomic E-state index is 0. The monoisotopic (exact) mass is 629 g/mol. The molecule has 5 heteroatoms. The molecule has 33 heavy (non-hydrogen) atoms. The van der Waals surface area contributed by atoms with Gasteiger partial charge in [0.2, 0.25) is 0 Å². The van der Waals surface area contributed by atoms with Gasteiger partial charge in [-0.2, -0.15) is 29.3 Å². The van der Waals surface area contributed by atoms with Crippen LogP contribution in [-0.4, -0.2) is 23.7 Å². The summed E-state index contributed by atoms with van der Waals surface area (Å²) in [6, 6.07) is 7.43. The van der Waals surface area contributed by atoms with E-state index >= 15 is 0 Å². The molecule has 0 aromatic heterocycles. The average molecular weight is 629 g/mol. The number of aliphatic hydroxyl groups excluding tert-OH is 1. The molecule has 183 valence electrons. The number of carbonyl (C=O) groups excluding carboxylic acids is 1. The van der Waals surface area contributed by atoms with Crippen LogP contribution in [-0.2, 0) is 36.2 Å². The Kier molecular flexibility index (Phi) is 12.0. The van der Waals surface area contributed by atoms with E-state index in [2.05, 4.69) is 37.6 Å². The van der Waals surface area contributed by atoms with Crippen molar-refractivity contribution in [1.82, 2.24) is 0 Å². The molecule has 1 aliphatic rings. The van der Waals surface area contributed by atoms with Crippen LogP contribution in [0.1, 0.15) is 58.2 Å². The Morgan fingerprint density at radius 3 is 2.21 bits per heavy atom. The second-order valence-electron chi connectivity index (χ2n) is 10.0. The van der Waals surface area contributed by atoms with Crippen LogP contribution < -0.4 is 0 Å². The molecule has 0 bridgehead atoms. The molecule has 0 saturated heterocycles. The molecule has 0 atom stereocenters. The van der Waals surface area contributed by atoms with Gasteiger partial charge >= 0.3 is 0 Å². The Morgan fingerprint density at radius 1 is 1.15 bits per heavy atom. The number of hydrogen-bond donors (Lipinski definition) is 1. The minimum Gasteiger partial charge on any atom is -0.512 e. The van der Waals surface area contributed by atoms with Crippen molar-refractivity contribution in [2.75, 3.05) is 7.11 Å². The van der Waals surface area contributed by atoms with Crippen LogP contribution in [0.4, 0.5) is 0 Å². The van der Waals surface area contributed by atoms with Crippen molar-refractivity contribution in [2.45, 2.75) is 61.9 Å². The summed E-state index contributed by atoms with van der Waals surface area (Å²) in [4.78, 5) is 16.1. The molecular formula is C28H38IrNO3-. The van der Waals surface area contributed by atoms with Crippen LogP contribution in [0.15, 0.2) is 65.1 Å². The van der Waals surface area contributed by atoms with Crippen molar-refractivity contribution in [3.8, 4) is 0 Å². The van der Waals surface area contributed by atoms with Gasteiger partial charge < -0.3 is 9.84 Å². The molecule has 0 heterocycles. The van der Waals surface area contributed by atoms with E-state index in [0.29, 0.717) is 6.54 Å². The number of ketones is 1. The van der Waals surface area contributed by atoms with E-state index in [1.54, 1.807) is 7.11 Å². The van der Waals surface area contributed by atoms with Crippen LogP contribution in [0.2, 0.25) is 0 Å². The van der Waals surface area contributed by atoms with E-state index < -0.39 is 5.41 Å². The van der Waals surface area contributed by atoms with E-state index in [1.165, 1.54) is 17.2 Å². The molecule has 2 rings (SSSR count). The number of rotatable bonds is 4. The van der Waals surface area contributed by atoms with E-state index in [1.807, 2.05) is 65.8 Å².